The first kappa shape index (κ1) is 17.0. The van der Waals surface area contributed by atoms with Crippen LogP contribution in [0, 0.1) is 0 Å². The van der Waals surface area contributed by atoms with Gasteiger partial charge in [-0.15, -0.1) is 0 Å². The first-order valence-electron chi connectivity index (χ1n) is 7.67. The highest BCUT2D eigenvalue weighted by Crippen LogP contribution is 2.26. The van der Waals surface area contributed by atoms with E-state index in [1.165, 1.54) is 13.0 Å². The lowest BCUT2D eigenvalue weighted by Crippen LogP contribution is -2.20. The monoisotopic (exact) mass is 359 g/mol. The van der Waals surface area contributed by atoms with Gasteiger partial charge in [0.25, 0.3) is 10.0 Å². The molecular weight excluding hydrogens is 342 g/mol. The summed E-state index contributed by atoms with van der Waals surface area (Å²) >= 11 is 0. The summed E-state index contributed by atoms with van der Waals surface area (Å²) in [5.74, 6) is -0.269. The van der Waals surface area contributed by atoms with E-state index in [1.807, 2.05) is 0 Å². The van der Waals surface area contributed by atoms with Crippen molar-refractivity contribution in [2.75, 3.05) is 15.4 Å². The molecule has 0 aliphatic carbocycles. The maximum Gasteiger partial charge on any atom is 0.261 e. The van der Waals surface area contributed by atoms with Gasteiger partial charge in [0.2, 0.25) is 11.8 Å². The van der Waals surface area contributed by atoms with Gasteiger partial charge in [0.1, 0.15) is 0 Å². The molecule has 0 radical (unpaired) electrons. The van der Waals surface area contributed by atoms with Crippen LogP contribution >= 0.6 is 0 Å². The number of carbonyl (C=O) groups is 2. The Morgan fingerprint density at radius 1 is 1.04 bits per heavy atom. The molecule has 3 rings (SSSR count). The minimum absolute atomic E-state index is 0.0690. The number of aryl methyl sites for hydroxylation is 1. The third kappa shape index (κ3) is 3.97. The van der Waals surface area contributed by atoms with Crippen molar-refractivity contribution in [2.45, 2.75) is 24.7 Å². The van der Waals surface area contributed by atoms with Gasteiger partial charge in [-0.3, -0.25) is 14.3 Å². The van der Waals surface area contributed by atoms with E-state index in [0.717, 1.165) is 5.56 Å². The number of anilines is 3. The van der Waals surface area contributed by atoms with E-state index >= 15 is 0 Å². The van der Waals surface area contributed by atoms with Crippen LogP contribution in [0.1, 0.15) is 18.9 Å². The normalized spacial score (nSPS) is 13.6. The molecular formula is C17H17N3O4S. The summed E-state index contributed by atoms with van der Waals surface area (Å²) in [5, 5.41) is 5.33. The molecule has 0 spiro atoms. The lowest BCUT2D eigenvalue weighted by Gasteiger charge is -2.18. The van der Waals surface area contributed by atoms with Crippen LogP contribution in [-0.2, 0) is 26.0 Å². The number of rotatable bonds is 4. The fraction of sp³-hybridized carbons (Fsp3) is 0.176. The fourth-order valence-electron chi connectivity index (χ4n) is 2.57. The van der Waals surface area contributed by atoms with Gasteiger partial charge in [-0.2, -0.15) is 0 Å². The average Bonchev–Trinajstić information content (AvgIpc) is 2.55. The van der Waals surface area contributed by atoms with Crippen molar-refractivity contribution in [3.05, 3.63) is 48.0 Å². The second kappa shape index (κ2) is 6.56. The Hall–Kier alpha value is -2.87. The van der Waals surface area contributed by atoms with E-state index in [2.05, 4.69) is 15.4 Å². The third-order valence-corrected chi connectivity index (χ3v) is 5.12. The summed E-state index contributed by atoms with van der Waals surface area (Å²) < 4.78 is 27.6. The Morgan fingerprint density at radius 3 is 2.40 bits per heavy atom. The molecule has 8 heteroatoms. The predicted octanol–water partition coefficient (Wildman–Crippen LogP) is 2.33. The minimum atomic E-state index is -3.75. The SMILES string of the molecule is CC(=O)Nc1ccc(NS(=O)(=O)c2ccc3c(c2)CCC(=O)N3)cc1. The van der Waals surface area contributed by atoms with E-state index in [0.29, 0.717) is 29.9 Å². The number of hydrogen-bond acceptors (Lipinski definition) is 4. The van der Waals surface area contributed by atoms with Crippen LogP contribution < -0.4 is 15.4 Å². The number of sulfonamides is 1. The molecule has 25 heavy (non-hydrogen) atoms. The predicted molar refractivity (Wildman–Crippen MR) is 94.9 cm³/mol. The van der Waals surface area contributed by atoms with Crippen LogP contribution in [0.15, 0.2) is 47.4 Å². The van der Waals surface area contributed by atoms with Crippen molar-refractivity contribution in [1.82, 2.24) is 0 Å². The molecule has 1 heterocycles. The van der Waals surface area contributed by atoms with Crippen molar-refractivity contribution in [2.24, 2.45) is 0 Å². The molecule has 0 bridgehead atoms. The van der Waals surface area contributed by atoms with Crippen LogP contribution in [0.4, 0.5) is 17.1 Å². The molecule has 7 nitrogen and oxygen atoms in total. The van der Waals surface area contributed by atoms with Crippen molar-refractivity contribution < 1.29 is 18.0 Å². The Bertz CT molecular complexity index is 937. The van der Waals surface area contributed by atoms with Crippen molar-refractivity contribution in [3.63, 3.8) is 0 Å². The van der Waals surface area contributed by atoms with Gasteiger partial charge in [-0.1, -0.05) is 0 Å². The molecule has 0 atom stereocenters. The van der Waals surface area contributed by atoms with Gasteiger partial charge in [0.05, 0.1) is 4.90 Å². The first-order chi connectivity index (χ1) is 11.8. The number of carbonyl (C=O) groups excluding carboxylic acids is 2. The van der Waals surface area contributed by atoms with Gasteiger partial charge in [-0.25, -0.2) is 8.42 Å². The lowest BCUT2D eigenvalue weighted by atomic mass is 10.0. The number of fused-ring (bicyclic) bond motifs is 1. The molecule has 2 aromatic rings. The number of amides is 2. The maximum absolute atomic E-state index is 12.5. The number of hydrogen-bond donors (Lipinski definition) is 3. The van der Waals surface area contributed by atoms with E-state index < -0.39 is 10.0 Å². The fourth-order valence-corrected chi connectivity index (χ4v) is 3.67. The van der Waals surface area contributed by atoms with Gasteiger partial charge in [-0.05, 0) is 54.4 Å². The van der Waals surface area contributed by atoms with Crippen LogP contribution in [-0.4, -0.2) is 20.2 Å². The Morgan fingerprint density at radius 2 is 1.72 bits per heavy atom. The molecule has 2 aromatic carbocycles. The highest BCUT2D eigenvalue weighted by atomic mass is 32.2. The Kier molecular flexibility index (Phi) is 4.45. The average molecular weight is 359 g/mol. The molecule has 1 aliphatic rings. The number of benzene rings is 2. The maximum atomic E-state index is 12.5. The summed E-state index contributed by atoms with van der Waals surface area (Å²) in [6, 6.07) is 11.0. The van der Waals surface area contributed by atoms with E-state index in [9.17, 15) is 18.0 Å². The van der Waals surface area contributed by atoms with Gasteiger partial charge >= 0.3 is 0 Å². The zero-order chi connectivity index (χ0) is 18.0. The lowest BCUT2D eigenvalue weighted by molar-refractivity contribution is -0.116. The smallest absolute Gasteiger partial charge is 0.261 e. The zero-order valence-electron chi connectivity index (χ0n) is 13.5. The largest absolute Gasteiger partial charge is 0.326 e. The Labute approximate surface area is 145 Å². The summed E-state index contributed by atoms with van der Waals surface area (Å²) in [7, 11) is -3.75. The topological polar surface area (TPSA) is 104 Å². The van der Waals surface area contributed by atoms with E-state index in [1.54, 1.807) is 36.4 Å². The second-order valence-corrected chi connectivity index (χ2v) is 7.41. The van der Waals surface area contributed by atoms with Crippen molar-refractivity contribution in [3.8, 4) is 0 Å². The van der Waals surface area contributed by atoms with Gasteiger partial charge in [0.15, 0.2) is 0 Å². The van der Waals surface area contributed by atoms with Crippen LogP contribution in [0.3, 0.4) is 0 Å². The molecule has 2 amide bonds. The molecule has 0 aromatic heterocycles. The Balaban J connectivity index is 1.80. The van der Waals surface area contributed by atoms with Crippen molar-refractivity contribution in [1.29, 1.82) is 0 Å². The van der Waals surface area contributed by atoms with Crippen molar-refractivity contribution >= 4 is 38.9 Å². The molecule has 0 saturated heterocycles. The molecule has 0 fully saturated rings. The summed E-state index contributed by atoms with van der Waals surface area (Å²) in [6.07, 6.45) is 0.852. The molecule has 130 valence electrons. The first-order valence-corrected chi connectivity index (χ1v) is 9.15. The standard InChI is InChI=1S/C17H17N3O4S/c1-11(21)18-13-3-5-14(6-4-13)20-25(23,24)15-7-8-16-12(10-15)2-9-17(22)19-16/h3-8,10,20H,2,9H2,1H3,(H,18,21)(H,19,22). The second-order valence-electron chi connectivity index (χ2n) is 5.73. The highest BCUT2D eigenvalue weighted by Gasteiger charge is 2.20. The van der Waals surface area contributed by atoms with Crippen LogP contribution in [0.5, 0.6) is 0 Å². The van der Waals surface area contributed by atoms with E-state index in [4.69, 9.17) is 0 Å². The van der Waals surface area contributed by atoms with Gasteiger partial charge < -0.3 is 10.6 Å². The van der Waals surface area contributed by atoms with E-state index in [-0.39, 0.29) is 16.7 Å². The summed E-state index contributed by atoms with van der Waals surface area (Å²) in [4.78, 5) is 22.5. The molecule has 0 unspecified atom stereocenters. The molecule has 0 saturated carbocycles. The van der Waals surface area contributed by atoms with Crippen LogP contribution in [0.2, 0.25) is 0 Å². The third-order valence-electron chi connectivity index (χ3n) is 3.74. The highest BCUT2D eigenvalue weighted by molar-refractivity contribution is 7.92. The quantitative estimate of drug-likeness (QED) is 0.779. The zero-order valence-corrected chi connectivity index (χ0v) is 14.3. The molecule has 1 aliphatic heterocycles. The van der Waals surface area contributed by atoms with Gasteiger partial charge in [0, 0.05) is 30.4 Å². The summed E-state index contributed by atoms with van der Waals surface area (Å²) in [5.41, 5.74) is 2.42. The number of nitrogens with one attached hydrogen (secondary N) is 3. The van der Waals surface area contributed by atoms with Crippen LogP contribution in [0.25, 0.3) is 0 Å². The minimum Gasteiger partial charge on any atom is -0.326 e. The molecule has 3 N–H and O–H groups in total. The summed E-state index contributed by atoms with van der Waals surface area (Å²) in [6.45, 7) is 1.40.